The molecule has 0 saturated carbocycles. The minimum Gasteiger partial charge on any atom is -0.328 e. The number of halogens is 1. The van der Waals surface area contributed by atoms with E-state index in [0.29, 0.717) is 36.3 Å². The van der Waals surface area contributed by atoms with E-state index in [-0.39, 0.29) is 11.5 Å². The summed E-state index contributed by atoms with van der Waals surface area (Å²) < 4.78 is 16.3. The van der Waals surface area contributed by atoms with Gasteiger partial charge in [0.2, 0.25) is 0 Å². The number of fused-ring (bicyclic) bond motifs is 1. The molecule has 3 aromatic rings. The molecule has 31 heavy (non-hydrogen) atoms. The largest absolute Gasteiger partial charge is 0.328 e. The highest BCUT2D eigenvalue weighted by molar-refractivity contribution is 6.07. The first kappa shape index (κ1) is 20.5. The lowest BCUT2D eigenvalue weighted by Crippen LogP contribution is -2.27. The topological polar surface area (TPSA) is 79.6 Å². The zero-order valence-electron chi connectivity index (χ0n) is 17.3. The van der Waals surface area contributed by atoms with Gasteiger partial charge in [0, 0.05) is 43.8 Å². The predicted octanol–water partition coefficient (Wildman–Crippen LogP) is 2.69. The van der Waals surface area contributed by atoms with Crippen LogP contribution in [-0.4, -0.2) is 39.6 Å². The highest BCUT2D eigenvalue weighted by atomic mass is 19.1. The van der Waals surface area contributed by atoms with Gasteiger partial charge in [0.1, 0.15) is 5.82 Å². The highest BCUT2D eigenvalue weighted by Crippen LogP contribution is 2.25. The summed E-state index contributed by atoms with van der Waals surface area (Å²) in [6.45, 7) is 0.804. The van der Waals surface area contributed by atoms with E-state index in [4.69, 9.17) is 0 Å². The van der Waals surface area contributed by atoms with Gasteiger partial charge in [0.15, 0.2) is 6.29 Å². The summed E-state index contributed by atoms with van der Waals surface area (Å²) in [7, 11) is 3.50. The van der Waals surface area contributed by atoms with Crippen LogP contribution in [0.25, 0.3) is 0 Å². The molecule has 4 rings (SSSR count). The molecule has 2 heterocycles. The van der Waals surface area contributed by atoms with E-state index >= 15 is 0 Å². The molecule has 8 heteroatoms. The number of aldehydes is 1. The Balaban J connectivity index is 1.61. The van der Waals surface area contributed by atoms with Crippen molar-refractivity contribution in [2.75, 3.05) is 7.05 Å². The molecule has 1 amide bonds. The summed E-state index contributed by atoms with van der Waals surface area (Å²) in [6, 6.07) is 11.6. The Morgan fingerprint density at radius 1 is 1.23 bits per heavy atom. The van der Waals surface area contributed by atoms with Crippen LogP contribution in [0.1, 0.15) is 43.1 Å². The lowest BCUT2D eigenvalue weighted by atomic mass is 9.97. The molecule has 0 bridgehead atoms. The summed E-state index contributed by atoms with van der Waals surface area (Å²) >= 11 is 0. The van der Waals surface area contributed by atoms with Crippen LogP contribution in [0.2, 0.25) is 0 Å². The maximum Gasteiger partial charge on any atom is 0.257 e. The van der Waals surface area contributed by atoms with Gasteiger partial charge in [-0.25, -0.2) is 4.39 Å². The van der Waals surface area contributed by atoms with Gasteiger partial charge in [-0.1, -0.05) is 30.3 Å². The molecule has 0 radical (unpaired) electrons. The van der Waals surface area contributed by atoms with E-state index in [1.165, 1.54) is 6.07 Å². The predicted molar refractivity (Wildman–Crippen MR) is 114 cm³/mol. The van der Waals surface area contributed by atoms with Crippen LogP contribution in [0.4, 0.5) is 4.39 Å². The van der Waals surface area contributed by atoms with Gasteiger partial charge in [0.25, 0.3) is 5.91 Å². The molecule has 0 aliphatic carbocycles. The number of benzene rings is 2. The van der Waals surface area contributed by atoms with Crippen LogP contribution in [-0.2, 0) is 26.6 Å². The number of aryl methyl sites for hydroxylation is 1. The van der Waals surface area contributed by atoms with Crippen molar-refractivity contribution in [1.29, 1.82) is 0 Å². The van der Waals surface area contributed by atoms with Crippen molar-refractivity contribution in [2.45, 2.75) is 19.5 Å². The van der Waals surface area contributed by atoms with Gasteiger partial charge in [0.05, 0.1) is 29.7 Å². The summed E-state index contributed by atoms with van der Waals surface area (Å²) in [5.41, 5.74) is 7.25. The zero-order chi connectivity index (χ0) is 22.0. The molecule has 0 atom stereocenters. The van der Waals surface area contributed by atoms with Crippen molar-refractivity contribution in [1.82, 2.24) is 20.1 Å². The number of carbonyl (C=O) groups is 2. The number of hydrogen-bond donors (Lipinski definition) is 1. The molecular weight excluding hydrogens is 397 g/mol. The van der Waals surface area contributed by atoms with Crippen LogP contribution in [0, 0.1) is 5.82 Å². The fourth-order valence-electron chi connectivity index (χ4n) is 3.83. The number of hydrogen-bond acceptors (Lipinski definition) is 5. The van der Waals surface area contributed by atoms with E-state index in [0.717, 1.165) is 23.1 Å². The maximum absolute atomic E-state index is 14.6. The molecule has 1 aliphatic heterocycles. The third-order valence-corrected chi connectivity index (χ3v) is 5.42. The minimum atomic E-state index is -0.566. The second kappa shape index (κ2) is 8.51. The quantitative estimate of drug-likeness (QED) is 0.379. The van der Waals surface area contributed by atoms with Crippen molar-refractivity contribution in [3.05, 3.63) is 88.0 Å². The first-order chi connectivity index (χ1) is 15.0. The smallest absolute Gasteiger partial charge is 0.257 e. The Hall–Kier alpha value is -3.81. The van der Waals surface area contributed by atoms with Crippen molar-refractivity contribution in [3.8, 4) is 0 Å². The Bertz CT molecular complexity index is 1180. The second-order valence-corrected chi connectivity index (χ2v) is 7.38. The first-order valence-electron chi connectivity index (χ1n) is 9.87. The molecule has 1 aliphatic rings. The number of hydrazone groups is 1. The third kappa shape index (κ3) is 3.96. The Morgan fingerprint density at radius 3 is 2.77 bits per heavy atom. The fraction of sp³-hybridized carbons (Fsp3) is 0.217. The lowest BCUT2D eigenvalue weighted by molar-refractivity contribution is 0.0743. The minimum absolute atomic E-state index is 0.0192. The number of nitrogens with zero attached hydrogens (tertiary/aromatic N) is 4. The molecule has 0 unspecified atom stereocenters. The van der Waals surface area contributed by atoms with E-state index in [1.807, 2.05) is 19.2 Å². The summed E-state index contributed by atoms with van der Waals surface area (Å²) in [5.74, 6) is -0.931. The van der Waals surface area contributed by atoms with Crippen LogP contribution >= 0.6 is 0 Å². The normalized spacial score (nSPS) is 13.3. The molecule has 158 valence electrons. The Kier molecular flexibility index (Phi) is 5.62. The standard InChI is InChI=1S/C23H22FN5O2/c1-25-27-21(18-6-4-3-5-16(18)14-30)10-15-7-8-20(24)19(9-15)23(31)29-12-17-11-26-28(2)22(17)13-29/h3-9,11,14,25H,10,12-13H2,1-2H3/b27-21-. The van der Waals surface area contributed by atoms with Crippen LogP contribution in [0.5, 0.6) is 0 Å². The molecule has 0 spiro atoms. The SMILES string of the molecule is CN/N=C(/Cc1ccc(F)c(C(=O)N2Cc3cnn(C)c3C2)c1)c1ccccc1C=O. The average Bonchev–Trinajstić information content (AvgIpc) is 3.36. The molecule has 2 aromatic carbocycles. The van der Waals surface area contributed by atoms with Crippen LogP contribution in [0.15, 0.2) is 53.8 Å². The zero-order valence-corrected chi connectivity index (χ0v) is 17.3. The number of nitrogens with one attached hydrogen (secondary N) is 1. The Morgan fingerprint density at radius 2 is 2.03 bits per heavy atom. The average molecular weight is 419 g/mol. The van der Waals surface area contributed by atoms with Gasteiger partial charge in [-0.2, -0.15) is 10.2 Å². The van der Waals surface area contributed by atoms with Crippen LogP contribution in [0.3, 0.4) is 0 Å². The summed E-state index contributed by atoms with van der Waals surface area (Å²) in [5, 5.41) is 8.50. The van der Waals surface area contributed by atoms with Crippen molar-refractivity contribution >= 4 is 17.9 Å². The van der Waals surface area contributed by atoms with Crippen molar-refractivity contribution < 1.29 is 14.0 Å². The van der Waals surface area contributed by atoms with E-state index in [9.17, 15) is 14.0 Å². The number of amides is 1. The highest BCUT2D eigenvalue weighted by Gasteiger charge is 2.28. The molecule has 0 fully saturated rings. The summed E-state index contributed by atoms with van der Waals surface area (Å²) in [6.07, 6.45) is 2.84. The fourth-order valence-corrected chi connectivity index (χ4v) is 3.83. The van der Waals surface area contributed by atoms with Crippen molar-refractivity contribution in [2.24, 2.45) is 12.1 Å². The molecule has 1 N–H and O–H groups in total. The third-order valence-electron chi connectivity index (χ3n) is 5.42. The van der Waals surface area contributed by atoms with Gasteiger partial charge < -0.3 is 10.3 Å². The van der Waals surface area contributed by atoms with Gasteiger partial charge in [-0.3, -0.25) is 14.3 Å². The monoisotopic (exact) mass is 419 g/mol. The molecule has 7 nitrogen and oxygen atoms in total. The second-order valence-electron chi connectivity index (χ2n) is 7.38. The number of carbonyl (C=O) groups excluding carboxylic acids is 2. The number of rotatable bonds is 6. The first-order valence-corrected chi connectivity index (χ1v) is 9.87. The molecule has 1 aromatic heterocycles. The molecule has 0 saturated heterocycles. The van der Waals surface area contributed by atoms with E-state index in [1.54, 1.807) is 47.1 Å². The Labute approximate surface area is 179 Å². The maximum atomic E-state index is 14.6. The summed E-state index contributed by atoms with van der Waals surface area (Å²) in [4.78, 5) is 26.1. The van der Waals surface area contributed by atoms with E-state index < -0.39 is 5.82 Å². The van der Waals surface area contributed by atoms with Crippen LogP contribution < -0.4 is 5.43 Å². The van der Waals surface area contributed by atoms with Crippen molar-refractivity contribution in [3.63, 3.8) is 0 Å². The van der Waals surface area contributed by atoms with Gasteiger partial charge in [-0.15, -0.1) is 0 Å². The van der Waals surface area contributed by atoms with Gasteiger partial charge in [-0.05, 0) is 17.7 Å². The van der Waals surface area contributed by atoms with Gasteiger partial charge >= 0.3 is 0 Å². The lowest BCUT2D eigenvalue weighted by Gasteiger charge is -2.17. The number of aromatic nitrogens is 2. The molecular formula is C23H22FN5O2. The van der Waals surface area contributed by atoms with E-state index in [2.05, 4.69) is 15.6 Å².